The van der Waals surface area contributed by atoms with Crippen molar-refractivity contribution in [1.82, 2.24) is 4.90 Å². The molecule has 1 fully saturated rings. The molecule has 2 heteroatoms. The Balaban J connectivity index is 1.99. The summed E-state index contributed by atoms with van der Waals surface area (Å²) in [6.07, 6.45) is 6.69. The van der Waals surface area contributed by atoms with Crippen molar-refractivity contribution < 1.29 is 0 Å². The number of hydrogen-bond acceptors (Lipinski definition) is 2. The van der Waals surface area contributed by atoms with Crippen LogP contribution in [-0.2, 0) is 0 Å². The molecule has 2 unspecified atom stereocenters. The Kier molecular flexibility index (Phi) is 5.41. The lowest BCUT2D eigenvalue weighted by atomic mass is 10.0. The summed E-state index contributed by atoms with van der Waals surface area (Å²) in [6, 6.07) is 9.56. The van der Waals surface area contributed by atoms with Crippen molar-refractivity contribution in [3.05, 3.63) is 35.4 Å². The van der Waals surface area contributed by atoms with Crippen molar-refractivity contribution >= 4 is 0 Å². The molecule has 0 aromatic heterocycles. The van der Waals surface area contributed by atoms with Gasteiger partial charge < -0.3 is 5.73 Å². The van der Waals surface area contributed by atoms with E-state index in [1.165, 1.54) is 49.8 Å². The van der Waals surface area contributed by atoms with Crippen LogP contribution in [0.1, 0.15) is 56.2 Å². The second kappa shape index (κ2) is 7.06. The normalized spacial score (nSPS) is 23.0. The first-order chi connectivity index (χ1) is 9.20. The summed E-state index contributed by atoms with van der Waals surface area (Å²) in [7, 11) is 0. The standard InChI is InChI=1S/C17H28N2/c1-3-16-7-5-4-6-12-19(16)13-17(18)15-10-8-14(2)9-11-15/h8-11,16-17H,3-7,12-13,18H2,1-2H3. The van der Waals surface area contributed by atoms with Crippen molar-refractivity contribution in [1.29, 1.82) is 0 Å². The molecule has 0 bridgehead atoms. The maximum atomic E-state index is 6.40. The molecule has 1 saturated heterocycles. The van der Waals surface area contributed by atoms with Gasteiger partial charge in [-0.1, -0.05) is 49.6 Å². The molecule has 2 atom stereocenters. The van der Waals surface area contributed by atoms with Crippen molar-refractivity contribution in [2.24, 2.45) is 5.73 Å². The van der Waals surface area contributed by atoms with E-state index in [-0.39, 0.29) is 6.04 Å². The number of rotatable bonds is 4. The minimum Gasteiger partial charge on any atom is -0.323 e. The lowest BCUT2D eigenvalue weighted by molar-refractivity contribution is 0.183. The molecule has 1 aromatic carbocycles. The first-order valence-corrected chi connectivity index (χ1v) is 7.77. The predicted molar refractivity (Wildman–Crippen MR) is 82.2 cm³/mol. The molecule has 0 saturated carbocycles. The van der Waals surface area contributed by atoms with Gasteiger partial charge in [0.1, 0.15) is 0 Å². The van der Waals surface area contributed by atoms with E-state index in [1.54, 1.807) is 0 Å². The van der Waals surface area contributed by atoms with Crippen molar-refractivity contribution in [2.75, 3.05) is 13.1 Å². The number of nitrogens with two attached hydrogens (primary N) is 1. The number of likely N-dealkylation sites (tertiary alicyclic amines) is 1. The van der Waals surface area contributed by atoms with Crippen LogP contribution < -0.4 is 5.73 Å². The van der Waals surface area contributed by atoms with Crippen LogP contribution in [0.25, 0.3) is 0 Å². The quantitative estimate of drug-likeness (QED) is 0.895. The largest absolute Gasteiger partial charge is 0.323 e. The summed E-state index contributed by atoms with van der Waals surface area (Å²) in [6.45, 7) is 6.65. The van der Waals surface area contributed by atoms with Gasteiger partial charge in [0, 0.05) is 18.6 Å². The molecule has 106 valence electrons. The Morgan fingerprint density at radius 3 is 2.63 bits per heavy atom. The van der Waals surface area contributed by atoms with Crippen LogP contribution in [0.4, 0.5) is 0 Å². The van der Waals surface area contributed by atoms with E-state index in [0.29, 0.717) is 0 Å². The molecule has 19 heavy (non-hydrogen) atoms. The average molecular weight is 260 g/mol. The maximum absolute atomic E-state index is 6.40. The van der Waals surface area contributed by atoms with Gasteiger partial charge in [0.15, 0.2) is 0 Å². The van der Waals surface area contributed by atoms with Gasteiger partial charge in [0.25, 0.3) is 0 Å². The summed E-state index contributed by atoms with van der Waals surface area (Å²) in [5.74, 6) is 0. The van der Waals surface area contributed by atoms with E-state index in [1.807, 2.05) is 0 Å². The Hall–Kier alpha value is -0.860. The molecule has 1 aliphatic rings. The zero-order valence-electron chi connectivity index (χ0n) is 12.4. The molecule has 2 rings (SSSR count). The van der Waals surface area contributed by atoms with Crippen LogP contribution in [0.3, 0.4) is 0 Å². The van der Waals surface area contributed by atoms with E-state index >= 15 is 0 Å². The van der Waals surface area contributed by atoms with Gasteiger partial charge in [-0.3, -0.25) is 4.90 Å². The fraction of sp³-hybridized carbons (Fsp3) is 0.647. The van der Waals surface area contributed by atoms with E-state index in [0.717, 1.165) is 12.6 Å². The molecule has 2 N–H and O–H groups in total. The van der Waals surface area contributed by atoms with Gasteiger partial charge in [0.2, 0.25) is 0 Å². The minimum atomic E-state index is 0.146. The fourth-order valence-electron chi connectivity index (χ4n) is 3.11. The SMILES string of the molecule is CCC1CCCCCN1CC(N)c1ccc(C)cc1. The Labute approximate surface area is 118 Å². The minimum absolute atomic E-state index is 0.146. The maximum Gasteiger partial charge on any atom is 0.0424 e. The number of aryl methyl sites for hydroxylation is 1. The average Bonchev–Trinajstić information content (AvgIpc) is 2.64. The van der Waals surface area contributed by atoms with Crippen molar-refractivity contribution in [3.8, 4) is 0 Å². The van der Waals surface area contributed by atoms with Crippen LogP contribution in [0.5, 0.6) is 0 Å². The summed E-state index contributed by atoms with van der Waals surface area (Å²) < 4.78 is 0. The monoisotopic (exact) mass is 260 g/mol. The number of benzene rings is 1. The Morgan fingerprint density at radius 2 is 1.95 bits per heavy atom. The summed E-state index contributed by atoms with van der Waals surface area (Å²) in [5, 5.41) is 0. The predicted octanol–water partition coefficient (Wildman–Crippen LogP) is 3.65. The Morgan fingerprint density at radius 1 is 1.21 bits per heavy atom. The van der Waals surface area contributed by atoms with Gasteiger partial charge in [-0.2, -0.15) is 0 Å². The van der Waals surface area contributed by atoms with Gasteiger partial charge in [-0.05, 0) is 38.3 Å². The molecular formula is C17H28N2. The van der Waals surface area contributed by atoms with Crippen molar-refractivity contribution in [3.63, 3.8) is 0 Å². The van der Waals surface area contributed by atoms with Crippen molar-refractivity contribution in [2.45, 2.75) is 58.0 Å². The van der Waals surface area contributed by atoms with Crippen LogP contribution >= 0.6 is 0 Å². The first kappa shape index (κ1) is 14.5. The second-order valence-electron chi connectivity index (χ2n) is 5.92. The number of nitrogens with zero attached hydrogens (tertiary/aromatic N) is 1. The van der Waals surface area contributed by atoms with E-state index in [4.69, 9.17) is 5.73 Å². The van der Waals surface area contributed by atoms with Gasteiger partial charge >= 0.3 is 0 Å². The zero-order chi connectivity index (χ0) is 13.7. The lowest BCUT2D eigenvalue weighted by Crippen LogP contribution is -2.39. The highest BCUT2D eigenvalue weighted by Gasteiger charge is 2.21. The molecule has 2 nitrogen and oxygen atoms in total. The van der Waals surface area contributed by atoms with Gasteiger partial charge in [0.05, 0.1) is 0 Å². The van der Waals surface area contributed by atoms with Crippen LogP contribution in [0, 0.1) is 6.92 Å². The van der Waals surface area contributed by atoms with Crippen LogP contribution in [0.2, 0.25) is 0 Å². The molecule has 0 spiro atoms. The second-order valence-corrected chi connectivity index (χ2v) is 5.92. The van der Waals surface area contributed by atoms with E-state index in [9.17, 15) is 0 Å². The van der Waals surface area contributed by atoms with Crippen LogP contribution in [-0.4, -0.2) is 24.0 Å². The molecule has 1 heterocycles. The summed E-state index contributed by atoms with van der Waals surface area (Å²) in [4.78, 5) is 2.62. The highest BCUT2D eigenvalue weighted by Crippen LogP contribution is 2.22. The molecule has 1 aromatic rings. The zero-order valence-corrected chi connectivity index (χ0v) is 12.4. The third-order valence-corrected chi connectivity index (χ3v) is 4.41. The highest BCUT2D eigenvalue weighted by atomic mass is 15.2. The summed E-state index contributed by atoms with van der Waals surface area (Å²) in [5.41, 5.74) is 8.97. The Bertz CT molecular complexity index is 371. The molecular weight excluding hydrogens is 232 g/mol. The smallest absolute Gasteiger partial charge is 0.0424 e. The summed E-state index contributed by atoms with van der Waals surface area (Å²) >= 11 is 0. The van der Waals surface area contributed by atoms with Crippen LogP contribution in [0.15, 0.2) is 24.3 Å². The van der Waals surface area contributed by atoms with Gasteiger partial charge in [-0.15, -0.1) is 0 Å². The lowest BCUT2D eigenvalue weighted by Gasteiger charge is -2.31. The van der Waals surface area contributed by atoms with E-state index < -0.39 is 0 Å². The molecule has 0 aliphatic carbocycles. The molecule has 1 aliphatic heterocycles. The third-order valence-electron chi connectivity index (χ3n) is 4.41. The number of hydrogen-bond donors (Lipinski definition) is 1. The third kappa shape index (κ3) is 4.05. The van der Waals surface area contributed by atoms with E-state index in [2.05, 4.69) is 43.0 Å². The molecule has 0 radical (unpaired) electrons. The topological polar surface area (TPSA) is 29.3 Å². The molecule has 0 amide bonds. The highest BCUT2D eigenvalue weighted by molar-refractivity contribution is 5.24. The fourth-order valence-corrected chi connectivity index (χ4v) is 3.11. The van der Waals surface area contributed by atoms with Gasteiger partial charge in [-0.25, -0.2) is 0 Å². The first-order valence-electron chi connectivity index (χ1n) is 7.77.